The summed E-state index contributed by atoms with van der Waals surface area (Å²) in [6, 6.07) is 26.7. The van der Waals surface area contributed by atoms with Crippen LogP contribution in [0.5, 0.6) is 5.75 Å². The van der Waals surface area contributed by atoms with Crippen LogP contribution in [0.2, 0.25) is 0 Å². The summed E-state index contributed by atoms with van der Waals surface area (Å²) >= 11 is 3.32. The zero-order valence-corrected chi connectivity index (χ0v) is 17.9. The number of hydrogen-bond acceptors (Lipinski definition) is 5. The normalized spacial score (nSPS) is 10.8. The van der Waals surface area contributed by atoms with Crippen LogP contribution in [0.4, 0.5) is 0 Å². The predicted molar refractivity (Wildman–Crippen MR) is 126 cm³/mol. The van der Waals surface area contributed by atoms with Crippen molar-refractivity contribution < 1.29 is 4.74 Å². The fourth-order valence-corrected chi connectivity index (χ4v) is 4.89. The van der Waals surface area contributed by atoms with Gasteiger partial charge in [-0.15, -0.1) is 22.7 Å². The predicted octanol–water partition coefficient (Wildman–Crippen LogP) is 7.28. The second-order valence-electron chi connectivity index (χ2n) is 6.75. The second-order valence-corrected chi connectivity index (χ2v) is 8.47. The molecule has 5 aromatic rings. The lowest BCUT2D eigenvalue weighted by atomic mass is 10.1. The maximum absolute atomic E-state index is 5.24. The van der Waals surface area contributed by atoms with E-state index in [1.54, 1.807) is 29.8 Å². The lowest BCUT2D eigenvalue weighted by molar-refractivity contribution is 0.415. The zero-order chi connectivity index (χ0) is 20.3. The Morgan fingerprint density at radius 2 is 1.20 bits per heavy atom. The van der Waals surface area contributed by atoms with Crippen molar-refractivity contribution in [3.8, 4) is 49.4 Å². The largest absolute Gasteiger partial charge is 0.497 e. The minimum atomic E-state index is 0.847. The van der Waals surface area contributed by atoms with E-state index in [1.807, 2.05) is 42.5 Å². The fraction of sp³-hybridized carbons (Fsp3) is 0.0400. The van der Waals surface area contributed by atoms with E-state index in [0.29, 0.717) is 0 Å². The third kappa shape index (κ3) is 3.77. The van der Waals surface area contributed by atoms with Crippen LogP contribution in [-0.4, -0.2) is 17.1 Å². The first kappa shape index (κ1) is 18.7. The molecule has 2 aromatic heterocycles. The third-order valence-electron chi connectivity index (χ3n) is 4.82. The molecule has 0 aliphatic carbocycles. The molecule has 0 spiro atoms. The molecule has 3 nitrogen and oxygen atoms in total. The average Bonchev–Trinajstić information content (AvgIpc) is 3.50. The van der Waals surface area contributed by atoms with Gasteiger partial charge in [0.05, 0.1) is 18.5 Å². The van der Waals surface area contributed by atoms with Crippen LogP contribution < -0.4 is 4.74 Å². The van der Waals surface area contributed by atoms with E-state index in [0.717, 1.165) is 49.4 Å². The molecule has 30 heavy (non-hydrogen) atoms. The molecule has 0 N–H and O–H groups in total. The highest BCUT2D eigenvalue weighted by atomic mass is 32.1. The van der Waals surface area contributed by atoms with Gasteiger partial charge < -0.3 is 4.74 Å². The number of benzene rings is 3. The van der Waals surface area contributed by atoms with Crippen LogP contribution in [0.25, 0.3) is 43.7 Å². The van der Waals surface area contributed by atoms with Crippen molar-refractivity contribution in [2.45, 2.75) is 0 Å². The van der Waals surface area contributed by atoms with E-state index < -0.39 is 0 Å². The number of nitrogens with zero attached hydrogens (tertiary/aromatic N) is 2. The molecule has 0 bridgehead atoms. The molecule has 0 saturated heterocycles. The first-order valence-electron chi connectivity index (χ1n) is 9.52. The van der Waals surface area contributed by atoms with E-state index in [4.69, 9.17) is 14.7 Å². The molecule has 146 valence electrons. The van der Waals surface area contributed by atoms with Gasteiger partial charge in [-0.3, -0.25) is 0 Å². The molecule has 0 radical (unpaired) electrons. The molecule has 0 atom stereocenters. The number of rotatable bonds is 5. The van der Waals surface area contributed by atoms with Crippen molar-refractivity contribution >= 4 is 22.7 Å². The first-order valence-corrected chi connectivity index (χ1v) is 11.3. The summed E-state index contributed by atoms with van der Waals surface area (Å²) in [5, 5.41) is 6.25. The molecule has 5 rings (SSSR count). The summed E-state index contributed by atoms with van der Waals surface area (Å²) in [5.74, 6) is 0.847. The molecule has 0 aliphatic heterocycles. The fourth-order valence-electron chi connectivity index (χ4n) is 3.23. The first-order chi connectivity index (χ1) is 14.8. The van der Waals surface area contributed by atoms with E-state index in [1.165, 1.54) is 0 Å². The van der Waals surface area contributed by atoms with E-state index >= 15 is 0 Å². The monoisotopic (exact) mass is 426 g/mol. The molecule has 0 fully saturated rings. The Labute approximate surface area is 183 Å². The Morgan fingerprint density at radius 3 is 1.90 bits per heavy atom. The van der Waals surface area contributed by atoms with Gasteiger partial charge in [-0.1, -0.05) is 48.5 Å². The molecule has 2 heterocycles. The average molecular weight is 427 g/mol. The van der Waals surface area contributed by atoms with Crippen LogP contribution in [0.3, 0.4) is 0 Å². The van der Waals surface area contributed by atoms with Gasteiger partial charge in [0.2, 0.25) is 0 Å². The molecule has 0 aliphatic rings. The van der Waals surface area contributed by atoms with Crippen molar-refractivity contribution in [1.29, 1.82) is 0 Å². The molecular weight excluding hydrogens is 408 g/mol. The standard InChI is InChI=1S/C25H18N2OS2/c1-28-21-12-10-17(11-13-21)22-15-30-25(26-22)20-9-5-8-19(14-20)23-16-29-24(27-23)18-6-3-2-4-7-18/h2-16H,1H3. The summed E-state index contributed by atoms with van der Waals surface area (Å²) in [6.45, 7) is 0. The van der Waals surface area contributed by atoms with Gasteiger partial charge >= 0.3 is 0 Å². The molecule has 5 heteroatoms. The van der Waals surface area contributed by atoms with Crippen molar-refractivity contribution in [2.75, 3.05) is 7.11 Å². The van der Waals surface area contributed by atoms with Gasteiger partial charge in [0.1, 0.15) is 15.8 Å². The van der Waals surface area contributed by atoms with Crippen molar-refractivity contribution in [2.24, 2.45) is 0 Å². The van der Waals surface area contributed by atoms with Gasteiger partial charge in [0.15, 0.2) is 0 Å². The molecule has 3 aromatic carbocycles. The Kier molecular flexibility index (Phi) is 5.13. The van der Waals surface area contributed by atoms with E-state index in [9.17, 15) is 0 Å². The number of thiazole rings is 2. The summed E-state index contributed by atoms with van der Waals surface area (Å²) in [7, 11) is 1.67. The van der Waals surface area contributed by atoms with Crippen LogP contribution in [0.1, 0.15) is 0 Å². The molecular formula is C25H18N2OS2. The Hall–Kier alpha value is -3.28. The number of aromatic nitrogens is 2. The summed E-state index contributed by atoms with van der Waals surface area (Å²) in [5.41, 5.74) is 6.41. The van der Waals surface area contributed by atoms with Crippen molar-refractivity contribution in [3.63, 3.8) is 0 Å². The van der Waals surface area contributed by atoms with E-state index in [2.05, 4.69) is 47.2 Å². The Morgan fingerprint density at radius 1 is 0.600 bits per heavy atom. The quantitative estimate of drug-likeness (QED) is 0.296. The number of ether oxygens (including phenoxy) is 1. The topological polar surface area (TPSA) is 35.0 Å². The van der Waals surface area contributed by atoms with Crippen LogP contribution in [-0.2, 0) is 0 Å². The van der Waals surface area contributed by atoms with Crippen LogP contribution in [0.15, 0.2) is 89.6 Å². The van der Waals surface area contributed by atoms with Gasteiger partial charge in [-0.05, 0) is 30.3 Å². The van der Waals surface area contributed by atoms with Gasteiger partial charge in [0, 0.05) is 33.0 Å². The second kappa shape index (κ2) is 8.22. The lowest BCUT2D eigenvalue weighted by Gasteiger charge is -2.02. The molecule has 0 amide bonds. The number of methoxy groups -OCH3 is 1. The van der Waals surface area contributed by atoms with Gasteiger partial charge in [-0.2, -0.15) is 0 Å². The highest BCUT2D eigenvalue weighted by Gasteiger charge is 2.10. The molecule has 0 saturated carbocycles. The summed E-state index contributed by atoms with van der Waals surface area (Å²) in [6.07, 6.45) is 0. The maximum Gasteiger partial charge on any atom is 0.124 e. The molecule has 0 unspecified atom stereocenters. The minimum Gasteiger partial charge on any atom is -0.497 e. The maximum atomic E-state index is 5.24. The Bertz CT molecular complexity index is 1270. The Balaban J connectivity index is 1.43. The third-order valence-corrected chi connectivity index (χ3v) is 6.60. The lowest BCUT2D eigenvalue weighted by Crippen LogP contribution is -1.84. The highest BCUT2D eigenvalue weighted by molar-refractivity contribution is 7.13. The van der Waals surface area contributed by atoms with Gasteiger partial charge in [-0.25, -0.2) is 9.97 Å². The van der Waals surface area contributed by atoms with Crippen LogP contribution in [0, 0.1) is 0 Å². The zero-order valence-electron chi connectivity index (χ0n) is 16.3. The smallest absolute Gasteiger partial charge is 0.124 e. The summed E-state index contributed by atoms with van der Waals surface area (Å²) < 4.78 is 5.24. The minimum absolute atomic E-state index is 0.847. The number of hydrogen-bond donors (Lipinski definition) is 0. The van der Waals surface area contributed by atoms with Crippen molar-refractivity contribution in [3.05, 3.63) is 89.6 Å². The highest BCUT2D eigenvalue weighted by Crippen LogP contribution is 2.33. The summed E-state index contributed by atoms with van der Waals surface area (Å²) in [4.78, 5) is 9.70. The van der Waals surface area contributed by atoms with Crippen LogP contribution >= 0.6 is 22.7 Å². The van der Waals surface area contributed by atoms with E-state index in [-0.39, 0.29) is 0 Å². The van der Waals surface area contributed by atoms with Gasteiger partial charge in [0.25, 0.3) is 0 Å². The SMILES string of the molecule is COc1ccc(-c2csc(-c3cccc(-c4csc(-c5ccccc5)n4)c3)n2)cc1. The van der Waals surface area contributed by atoms with Crippen molar-refractivity contribution in [1.82, 2.24) is 9.97 Å².